The van der Waals surface area contributed by atoms with E-state index in [0.29, 0.717) is 12.1 Å². The maximum atomic E-state index is 14.0. The molecule has 4 heteroatoms. The quantitative estimate of drug-likeness (QED) is 0.880. The zero-order valence-corrected chi connectivity index (χ0v) is 10.8. The molecule has 0 saturated carbocycles. The summed E-state index contributed by atoms with van der Waals surface area (Å²) in [5.41, 5.74) is 2.39. The van der Waals surface area contributed by atoms with Gasteiger partial charge >= 0.3 is 0 Å². The Labute approximate surface area is 107 Å². The fourth-order valence-electron chi connectivity index (χ4n) is 1.85. The summed E-state index contributed by atoms with van der Waals surface area (Å²) in [6.45, 7) is 6.41. The molecule has 0 atom stereocenters. The van der Waals surface area contributed by atoms with Gasteiger partial charge in [-0.15, -0.1) is 0 Å². The molecular weight excluding hydrogens is 229 g/mol. The summed E-state index contributed by atoms with van der Waals surface area (Å²) in [5, 5.41) is 7.34. The second-order valence-corrected chi connectivity index (χ2v) is 4.18. The van der Waals surface area contributed by atoms with E-state index in [0.717, 1.165) is 24.2 Å². The number of hydrogen-bond acceptors (Lipinski definition) is 2. The molecule has 0 amide bonds. The predicted octanol–water partition coefficient (Wildman–Crippen LogP) is 2.82. The maximum absolute atomic E-state index is 14.0. The number of nitrogens with one attached hydrogen (secondary N) is 1. The van der Waals surface area contributed by atoms with Crippen LogP contribution in [0.1, 0.15) is 19.4 Å². The van der Waals surface area contributed by atoms with Crippen molar-refractivity contribution in [3.8, 4) is 11.1 Å². The molecule has 3 nitrogen and oxygen atoms in total. The van der Waals surface area contributed by atoms with Crippen LogP contribution in [-0.2, 0) is 13.1 Å². The van der Waals surface area contributed by atoms with Gasteiger partial charge in [0.15, 0.2) is 0 Å². The first-order chi connectivity index (χ1) is 8.74. The topological polar surface area (TPSA) is 29.9 Å². The van der Waals surface area contributed by atoms with Gasteiger partial charge in [-0.1, -0.05) is 19.1 Å². The molecule has 0 saturated heterocycles. The molecule has 0 aliphatic rings. The monoisotopic (exact) mass is 247 g/mol. The van der Waals surface area contributed by atoms with Crippen molar-refractivity contribution in [2.75, 3.05) is 6.54 Å². The molecule has 1 N–H and O–H groups in total. The van der Waals surface area contributed by atoms with Crippen LogP contribution in [0, 0.1) is 5.82 Å². The van der Waals surface area contributed by atoms with Crippen LogP contribution in [0.2, 0.25) is 0 Å². The first kappa shape index (κ1) is 12.8. The van der Waals surface area contributed by atoms with Gasteiger partial charge in [0.25, 0.3) is 0 Å². The highest BCUT2D eigenvalue weighted by Crippen LogP contribution is 2.23. The summed E-state index contributed by atoms with van der Waals surface area (Å²) in [7, 11) is 0. The molecule has 0 unspecified atom stereocenters. The van der Waals surface area contributed by atoms with Crippen molar-refractivity contribution in [1.29, 1.82) is 0 Å². The van der Waals surface area contributed by atoms with E-state index in [4.69, 9.17) is 0 Å². The van der Waals surface area contributed by atoms with Crippen LogP contribution in [0.5, 0.6) is 0 Å². The van der Waals surface area contributed by atoms with Crippen molar-refractivity contribution in [2.45, 2.75) is 26.9 Å². The van der Waals surface area contributed by atoms with Crippen LogP contribution in [0.15, 0.2) is 30.6 Å². The van der Waals surface area contributed by atoms with Crippen molar-refractivity contribution in [1.82, 2.24) is 15.1 Å². The van der Waals surface area contributed by atoms with Crippen LogP contribution < -0.4 is 5.32 Å². The third-order valence-electron chi connectivity index (χ3n) is 2.88. The summed E-state index contributed by atoms with van der Waals surface area (Å²) in [4.78, 5) is 0. The molecule has 2 aromatic rings. The second-order valence-electron chi connectivity index (χ2n) is 4.18. The van der Waals surface area contributed by atoms with Crippen LogP contribution in [-0.4, -0.2) is 16.3 Å². The zero-order chi connectivity index (χ0) is 13.0. The molecular formula is C14H18FN3. The third-order valence-corrected chi connectivity index (χ3v) is 2.88. The Morgan fingerprint density at radius 2 is 2.17 bits per heavy atom. The maximum Gasteiger partial charge on any atom is 0.131 e. The lowest BCUT2D eigenvalue weighted by molar-refractivity contribution is 0.625. The van der Waals surface area contributed by atoms with Crippen molar-refractivity contribution < 1.29 is 4.39 Å². The Morgan fingerprint density at radius 3 is 2.78 bits per heavy atom. The lowest BCUT2D eigenvalue weighted by atomic mass is 10.1. The molecule has 1 heterocycles. The second kappa shape index (κ2) is 5.78. The Hall–Kier alpha value is -1.68. The van der Waals surface area contributed by atoms with Gasteiger partial charge in [-0.05, 0) is 25.1 Å². The predicted molar refractivity (Wildman–Crippen MR) is 70.7 cm³/mol. The van der Waals surface area contributed by atoms with Gasteiger partial charge in [-0.25, -0.2) is 4.39 Å². The van der Waals surface area contributed by atoms with E-state index in [9.17, 15) is 4.39 Å². The molecule has 0 aliphatic carbocycles. The number of benzene rings is 1. The average Bonchev–Trinajstić information content (AvgIpc) is 2.85. The van der Waals surface area contributed by atoms with E-state index < -0.39 is 0 Å². The molecule has 18 heavy (non-hydrogen) atoms. The van der Waals surface area contributed by atoms with Crippen LogP contribution in [0.3, 0.4) is 0 Å². The lowest BCUT2D eigenvalue weighted by Crippen LogP contribution is -2.11. The molecule has 2 rings (SSSR count). The number of aromatic nitrogens is 2. The van der Waals surface area contributed by atoms with Gasteiger partial charge in [0.2, 0.25) is 0 Å². The summed E-state index contributed by atoms with van der Waals surface area (Å²) < 4.78 is 15.8. The minimum atomic E-state index is -0.193. The molecule has 0 fully saturated rings. The number of aryl methyl sites for hydroxylation is 1. The standard InChI is InChI=1S/C14H18FN3/c1-3-16-8-11-5-6-13(14(15)7-11)12-9-17-18(4-2)10-12/h5-7,9-10,16H,3-4,8H2,1-2H3. The number of rotatable bonds is 5. The summed E-state index contributed by atoms with van der Waals surface area (Å²) in [6, 6.07) is 5.35. The fraction of sp³-hybridized carbons (Fsp3) is 0.357. The smallest absolute Gasteiger partial charge is 0.131 e. The van der Waals surface area contributed by atoms with Gasteiger partial charge in [0.1, 0.15) is 5.82 Å². The Morgan fingerprint density at radius 1 is 1.33 bits per heavy atom. The highest BCUT2D eigenvalue weighted by molar-refractivity contribution is 5.62. The van der Waals surface area contributed by atoms with Crippen molar-refractivity contribution in [3.63, 3.8) is 0 Å². The first-order valence-electron chi connectivity index (χ1n) is 6.26. The molecule has 96 valence electrons. The summed E-state index contributed by atoms with van der Waals surface area (Å²) in [5.74, 6) is -0.193. The number of hydrogen-bond donors (Lipinski definition) is 1. The Bertz CT molecular complexity index is 520. The molecule has 0 spiro atoms. The van der Waals surface area contributed by atoms with Crippen molar-refractivity contribution >= 4 is 0 Å². The van der Waals surface area contributed by atoms with Gasteiger partial charge in [-0.2, -0.15) is 5.10 Å². The van der Waals surface area contributed by atoms with E-state index in [2.05, 4.69) is 10.4 Å². The molecule has 0 aliphatic heterocycles. The molecule has 0 radical (unpaired) electrons. The van der Waals surface area contributed by atoms with Gasteiger partial charge in [0.05, 0.1) is 6.20 Å². The van der Waals surface area contributed by atoms with E-state index in [1.165, 1.54) is 0 Å². The summed E-state index contributed by atoms with van der Waals surface area (Å²) >= 11 is 0. The van der Waals surface area contributed by atoms with Crippen LogP contribution >= 0.6 is 0 Å². The van der Waals surface area contributed by atoms with Gasteiger partial charge in [0, 0.05) is 30.4 Å². The average molecular weight is 247 g/mol. The van der Waals surface area contributed by atoms with Crippen LogP contribution in [0.4, 0.5) is 4.39 Å². The molecule has 1 aromatic carbocycles. The van der Waals surface area contributed by atoms with E-state index in [-0.39, 0.29) is 5.82 Å². The van der Waals surface area contributed by atoms with Gasteiger partial charge < -0.3 is 5.32 Å². The number of halogens is 1. The van der Waals surface area contributed by atoms with E-state index in [1.807, 2.05) is 32.2 Å². The molecule has 0 bridgehead atoms. The van der Waals surface area contributed by atoms with Crippen molar-refractivity contribution in [2.24, 2.45) is 0 Å². The highest BCUT2D eigenvalue weighted by Gasteiger charge is 2.08. The highest BCUT2D eigenvalue weighted by atomic mass is 19.1. The van der Waals surface area contributed by atoms with E-state index in [1.54, 1.807) is 16.9 Å². The summed E-state index contributed by atoms with van der Waals surface area (Å²) in [6.07, 6.45) is 3.56. The first-order valence-corrected chi connectivity index (χ1v) is 6.26. The minimum absolute atomic E-state index is 0.193. The SMILES string of the molecule is CCNCc1ccc(-c2cnn(CC)c2)c(F)c1. The minimum Gasteiger partial charge on any atom is -0.313 e. The number of nitrogens with zero attached hydrogens (tertiary/aromatic N) is 2. The molecule has 1 aromatic heterocycles. The zero-order valence-electron chi connectivity index (χ0n) is 10.8. The normalized spacial score (nSPS) is 10.8. The Balaban J connectivity index is 2.23. The third kappa shape index (κ3) is 2.76. The van der Waals surface area contributed by atoms with Crippen LogP contribution in [0.25, 0.3) is 11.1 Å². The van der Waals surface area contributed by atoms with E-state index >= 15 is 0 Å². The largest absolute Gasteiger partial charge is 0.313 e. The van der Waals surface area contributed by atoms with Gasteiger partial charge in [-0.3, -0.25) is 4.68 Å². The fourth-order valence-corrected chi connectivity index (χ4v) is 1.85. The lowest BCUT2D eigenvalue weighted by Gasteiger charge is -2.05. The Kier molecular flexibility index (Phi) is 4.10. The van der Waals surface area contributed by atoms with Crippen molar-refractivity contribution in [3.05, 3.63) is 42.0 Å².